The molecule has 0 spiro atoms. The van der Waals surface area contributed by atoms with E-state index in [1.54, 1.807) is 30.6 Å². The maximum absolute atomic E-state index is 13.4. The third-order valence-corrected chi connectivity index (χ3v) is 9.30. The molecule has 3 aliphatic rings. The second-order valence-corrected chi connectivity index (χ2v) is 14.3. The Balaban J connectivity index is 0.000000304. The molecule has 4 atom stereocenters. The van der Waals surface area contributed by atoms with Crippen molar-refractivity contribution in [1.82, 2.24) is 20.5 Å². The average molecular weight is 732 g/mol. The number of aromatic nitrogens is 1. The van der Waals surface area contributed by atoms with E-state index < -0.39 is 46.3 Å². The minimum Gasteiger partial charge on any atom is -0.481 e. The number of carbonyl (C=O) groups is 4. The van der Waals surface area contributed by atoms with Gasteiger partial charge < -0.3 is 44.9 Å². The van der Waals surface area contributed by atoms with E-state index in [2.05, 4.69) is 15.6 Å². The van der Waals surface area contributed by atoms with Crippen LogP contribution in [0.25, 0.3) is 0 Å². The first-order valence-corrected chi connectivity index (χ1v) is 17.3. The molecule has 2 aliphatic carbocycles. The molecule has 2 heterocycles. The SMILES string of the molecule is CCOC[C@]1(C(=O)N2CCN(c3cc(C(F)(F)F)ccn3)CC2)CCC(NC(=O)O)C1.CCOC[C@]1(C(=O)O)CCC(NC(=O)OC(C)(C)C)C1. The van der Waals surface area contributed by atoms with E-state index in [4.69, 9.17) is 19.3 Å². The minimum atomic E-state index is -4.44. The molecule has 0 aromatic carbocycles. The van der Waals surface area contributed by atoms with Crippen LogP contribution >= 0.6 is 0 Å². The number of alkyl carbamates (subject to hydrolysis) is 1. The van der Waals surface area contributed by atoms with Gasteiger partial charge in [0.15, 0.2) is 0 Å². The normalized spacial score (nSPS) is 25.1. The predicted molar refractivity (Wildman–Crippen MR) is 179 cm³/mol. The number of carbonyl (C=O) groups excluding carboxylic acids is 2. The van der Waals surface area contributed by atoms with Gasteiger partial charge in [-0.3, -0.25) is 9.59 Å². The molecule has 3 amide bonds. The number of carboxylic acid groups (broad SMARTS) is 2. The number of ether oxygens (including phenoxy) is 3. The molecule has 1 aliphatic heterocycles. The highest BCUT2D eigenvalue weighted by molar-refractivity contribution is 5.84. The molecule has 4 N–H and O–H groups in total. The van der Waals surface area contributed by atoms with Crippen LogP contribution in [0.15, 0.2) is 18.3 Å². The number of pyridine rings is 1. The van der Waals surface area contributed by atoms with Crippen molar-refractivity contribution in [2.75, 3.05) is 57.5 Å². The highest BCUT2D eigenvalue weighted by Crippen LogP contribution is 2.41. The van der Waals surface area contributed by atoms with Crippen LogP contribution in [0.2, 0.25) is 0 Å². The Hall–Kier alpha value is -3.86. The Bertz CT molecular complexity index is 1350. The van der Waals surface area contributed by atoms with E-state index in [-0.39, 0.29) is 37.0 Å². The summed E-state index contributed by atoms with van der Waals surface area (Å²) in [4.78, 5) is 55.0. The molecular weight excluding hydrogens is 679 g/mol. The van der Waals surface area contributed by atoms with Crippen molar-refractivity contribution in [2.24, 2.45) is 10.8 Å². The number of nitrogens with zero attached hydrogens (tertiary/aromatic N) is 3. The predicted octanol–water partition coefficient (Wildman–Crippen LogP) is 4.76. The Labute approximate surface area is 296 Å². The van der Waals surface area contributed by atoms with E-state index in [9.17, 15) is 37.5 Å². The van der Waals surface area contributed by atoms with Gasteiger partial charge in [-0.1, -0.05) is 0 Å². The smallest absolute Gasteiger partial charge is 0.416 e. The van der Waals surface area contributed by atoms with Crippen LogP contribution in [0.5, 0.6) is 0 Å². The molecule has 14 nitrogen and oxygen atoms in total. The lowest BCUT2D eigenvalue weighted by Crippen LogP contribution is -2.54. The van der Waals surface area contributed by atoms with E-state index in [1.807, 2.05) is 13.8 Å². The molecule has 288 valence electrons. The van der Waals surface area contributed by atoms with Gasteiger partial charge in [-0.05, 0) is 85.3 Å². The van der Waals surface area contributed by atoms with Gasteiger partial charge in [-0.25, -0.2) is 14.6 Å². The molecule has 3 fully saturated rings. The zero-order valence-electron chi connectivity index (χ0n) is 30.0. The molecular formula is C34H52F3N5O9. The summed E-state index contributed by atoms with van der Waals surface area (Å²) < 4.78 is 55.0. The highest BCUT2D eigenvalue weighted by atomic mass is 19.4. The Morgan fingerprint density at radius 3 is 1.98 bits per heavy atom. The first kappa shape index (κ1) is 41.6. The van der Waals surface area contributed by atoms with Gasteiger partial charge in [0, 0.05) is 57.7 Å². The number of piperazine rings is 1. The van der Waals surface area contributed by atoms with Crippen LogP contribution in [0.4, 0.5) is 28.6 Å². The van der Waals surface area contributed by atoms with Gasteiger partial charge >= 0.3 is 24.3 Å². The van der Waals surface area contributed by atoms with Crippen molar-refractivity contribution in [3.8, 4) is 0 Å². The molecule has 2 saturated carbocycles. The fourth-order valence-electron chi connectivity index (χ4n) is 6.76. The third kappa shape index (κ3) is 11.8. The summed E-state index contributed by atoms with van der Waals surface area (Å²) in [6, 6.07) is 1.47. The van der Waals surface area contributed by atoms with Crippen molar-refractivity contribution >= 4 is 29.9 Å². The van der Waals surface area contributed by atoms with E-state index in [1.165, 1.54) is 0 Å². The number of hydrogen-bond acceptors (Lipinski definition) is 9. The molecule has 0 bridgehead atoms. The van der Waals surface area contributed by atoms with Crippen LogP contribution < -0.4 is 15.5 Å². The number of anilines is 1. The monoisotopic (exact) mass is 731 g/mol. The second-order valence-electron chi connectivity index (χ2n) is 14.3. The molecule has 1 aromatic heterocycles. The topological polar surface area (TPSA) is 180 Å². The molecule has 1 saturated heterocycles. The summed E-state index contributed by atoms with van der Waals surface area (Å²) in [5, 5.41) is 23.6. The molecule has 4 rings (SSSR count). The van der Waals surface area contributed by atoms with E-state index in [0.29, 0.717) is 77.9 Å². The standard InChI is InChI=1S/C20H27F3N4O4.C14H25NO5/c1-2-31-13-19(5-3-15(12-19)25-18(29)30)17(28)27-9-7-26(8-10-27)16-11-14(4-6-24-16)20(21,22)23;1-5-19-9-14(11(16)17)7-6-10(8-14)15-12(18)20-13(2,3)4/h4,6,11,15,25H,2-3,5,7-10,12-13H2,1H3,(H,29,30);10H,5-9H2,1-4H3,(H,15,18)(H,16,17)/t15?,19-;10?,14-/m00/s1. The van der Waals surface area contributed by atoms with Crippen molar-refractivity contribution in [3.05, 3.63) is 23.9 Å². The molecule has 17 heteroatoms. The average Bonchev–Trinajstić information content (AvgIpc) is 3.66. The van der Waals surface area contributed by atoms with Crippen LogP contribution in [0, 0.1) is 10.8 Å². The number of rotatable bonds is 11. The lowest BCUT2D eigenvalue weighted by atomic mass is 9.84. The van der Waals surface area contributed by atoms with E-state index in [0.717, 1.165) is 18.3 Å². The zero-order valence-corrected chi connectivity index (χ0v) is 30.0. The number of alkyl halides is 3. The number of carboxylic acids is 1. The highest BCUT2D eigenvalue weighted by Gasteiger charge is 2.49. The third-order valence-electron chi connectivity index (χ3n) is 9.30. The Morgan fingerprint density at radius 2 is 1.45 bits per heavy atom. The number of amides is 3. The minimum absolute atomic E-state index is 0.0905. The van der Waals surface area contributed by atoms with Gasteiger partial charge in [-0.15, -0.1) is 0 Å². The van der Waals surface area contributed by atoms with Crippen molar-refractivity contribution in [2.45, 2.75) is 97.0 Å². The van der Waals surface area contributed by atoms with Gasteiger partial charge in [0.05, 0.1) is 29.6 Å². The molecule has 51 heavy (non-hydrogen) atoms. The first-order valence-electron chi connectivity index (χ1n) is 17.3. The largest absolute Gasteiger partial charge is 0.481 e. The maximum atomic E-state index is 13.4. The fraction of sp³-hybridized carbons (Fsp3) is 0.735. The zero-order chi connectivity index (χ0) is 38.0. The van der Waals surface area contributed by atoms with Gasteiger partial charge in [0.25, 0.3) is 0 Å². The fourth-order valence-corrected chi connectivity index (χ4v) is 6.76. The number of aliphatic carboxylic acids is 1. The van der Waals surface area contributed by atoms with E-state index >= 15 is 0 Å². The maximum Gasteiger partial charge on any atom is 0.416 e. The van der Waals surface area contributed by atoms with Crippen LogP contribution in [-0.2, 0) is 30.0 Å². The Kier molecular flexibility index (Phi) is 14.3. The Morgan fingerprint density at radius 1 is 0.902 bits per heavy atom. The summed E-state index contributed by atoms with van der Waals surface area (Å²) >= 11 is 0. The van der Waals surface area contributed by atoms with Crippen molar-refractivity contribution in [1.29, 1.82) is 0 Å². The summed E-state index contributed by atoms with van der Waals surface area (Å²) in [5.74, 6) is -0.718. The number of halogens is 3. The van der Waals surface area contributed by atoms with Crippen LogP contribution in [0.1, 0.15) is 78.7 Å². The number of hydrogen-bond donors (Lipinski definition) is 4. The summed E-state index contributed by atoms with van der Waals surface area (Å²) in [6.07, 6.45) is -1.97. The molecule has 2 unspecified atom stereocenters. The van der Waals surface area contributed by atoms with Gasteiger partial charge in [-0.2, -0.15) is 13.2 Å². The molecule has 1 aromatic rings. The second kappa shape index (κ2) is 17.6. The lowest BCUT2D eigenvalue weighted by Gasteiger charge is -2.40. The summed E-state index contributed by atoms with van der Waals surface area (Å²) in [5.41, 5.74) is -3.00. The van der Waals surface area contributed by atoms with Crippen LogP contribution in [-0.4, -0.2) is 114 Å². The first-order chi connectivity index (χ1) is 23.8. The van der Waals surface area contributed by atoms with Gasteiger partial charge in [0.1, 0.15) is 11.4 Å². The summed E-state index contributed by atoms with van der Waals surface area (Å²) in [6.45, 7) is 11.8. The number of nitrogens with one attached hydrogen (secondary N) is 2. The lowest BCUT2D eigenvalue weighted by molar-refractivity contribution is -0.152. The quantitative estimate of drug-likeness (QED) is 0.247. The van der Waals surface area contributed by atoms with Gasteiger partial charge in [0.2, 0.25) is 5.91 Å². The molecule has 0 radical (unpaired) electrons. The van der Waals surface area contributed by atoms with Crippen molar-refractivity contribution < 1.29 is 56.8 Å². The summed E-state index contributed by atoms with van der Waals surface area (Å²) in [7, 11) is 0. The van der Waals surface area contributed by atoms with Crippen molar-refractivity contribution in [3.63, 3.8) is 0 Å². The van der Waals surface area contributed by atoms with Crippen LogP contribution in [0.3, 0.4) is 0 Å².